The maximum atomic E-state index is 14.8. The summed E-state index contributed by atoms with van der Waals surface area (Å²) in [6, 6.07) is 8.93. The largest absolute Gasteiger partial charge is 0.495 e. The van der Waals surface area contributed by atoms with Crippen LogP contribution >= 0.6 is 11.6 Å². The van der Waals surface area contributed by atoms with Gasteiger partial charge in [-0.3, -0.25) is 4.79 Å². The summed E-state index contributed by atoms with van der Waals surface area (Å²) in [5, 5.41) is 13.1. The van der Waals surface area contributed by atoms with Crippen molar-refractivity contribution in [2.45, 2.75) is 25.4 Å². The number of rotatable bonds is 7. The third kappa shape index (κ3) is 3.59. The van der Waals surface area contributed by atoms with E-state index in [9.17, 15) is 14.0 Å². The number of benzene rings is 2. The number of aryl methyl sites for hydroxylation is 1. The molecule has 1 fully saturated rings. The summed E-state index contributed by atoms with van der Waals surface area (Å²) in [6.45, 7) is 2.73. The van der Waals surface area contributed by atoms with Crippen molar-refractivity contribution in [3.8, 4) is 5.75 Å². The van der Waals surface area contributed by atoms with Crippen molar-refractivity contribution in [3.05, 3.63) is 64.1 Å². The minimum absolute atomic E-state index is 0.0741. The first kappa shape index (κ1) is 22.1. The van der Waals surface area contributed by atoms with Gasteiger partial charge >= 0.3 is 5.97 Å². The Kier molecular flexibility index (Phi) is 5.83. The lowest BCUT2D eigenvalue weighted by atomic mass is 9.86. The zero-order valence-electron chi connectivity index (χ0n) is 17.6. The Hall–Kier alpha value is -3.10. The molecule has 1 saturated heterocycles. The molecule has 0 atom stereocenters. The van der Waals surface area contributed by atoms with E-state index in [1.165, 1.54) is 19.2 Å². The molecule has 9 heteroatoms. The molecule has 1 amide bonds. The monoisotopic (exact) mass is 460 g/mol. The highest BCUT2D eigenvalue weighted by Crippen LogP contribution is 2.36. The van der Waals surface area contributed by atoms with Gasteiger partial charge in [-0.05, 0) is 36.8 Å². The van der Waals surface area contributed by atoms with E-state index in [0.29, 0.717) is 28.4 Å². The first-order valence-electron chi connectivity index (χ1n) is 10.1. The zero-order valence-corrected chi connectivity index (χ0v) is 18.3. The quantitative estimate of drug-likeness (QED) is 0.551. The standard InChI is InChI=1S/C23H22ClFN2O5/c1-3-8-27-17-6-7-19(31-2)20(24)14(17)10-18(27)21(28)26-23(11-32-12-23)15-5-4-13(22(29)30)9-16(15)25/h4-7,9-10H,3,8,11-12H2,1-2H3,(H,26,28)(H,29,30). The number of nitrogens with one attached hydrogen (secondary N) is 1. The average molecular weight is 461 g/mol. The topological polar surface area (TPSA) is 89.8 Å². The van der Waals surface area contributed by atoms with E-state index in [4.69, 9.17) is 26.2 Å². The van der Waals surface area contributed by atoms with Crippen LogP contribution in [0.15, 0.2) is 36.4 Å². The van der Waals surface area contributed by atoms with Gasteiger partial charge in [-0.1, -0.05) is 24.6 Å². The van der Waals surface area contributed by atoms with Crippen LogP contribution in [0.25, 0.3) is 10.9 Å². The number of carboxylic acid groups (broad SMARTS) is 1. The van der Waals surface area contributed by atoms with Crippen molar-refractivity contribution in [3.63, 3.8) is 0 Å². The van der Waals surface area contributed by atoms with Crippen molar-refractivity contribution < 1.29 is 28.6 Å². The summed E-state index contributed by atoms with van der Waals surface area (Å²) in [7, 11) is 1.52. The van der Waals surface area contributed by atoms with Gasteiger partial charge in [0.1, 0.15) is 22.8 Å². The number of amides is 1. The van der Waals surface area contributed by atoms with Gasteiger partial charge in [0, 0.05) is 17.5 Å². The Morgan fingerprint density at radius 3 is 2.59 bits per heavy atom. The molecule has 0 saturated carbocycles. The molecule has 1 aromatic heterocycles. The van der Waals surface area contributed by atoms with Crippen LogP contribution in [-0.4, -0.2) is 41.9 Å². The molecule has 0 bridgehead atoms. The van der Waals surface area contributed by atoms with Crippen LogP contribution in [0.1, 0.15) is 39.8 Å². The number of carbonyl (C=O) groups is 2. The molecule has 0 radical (unpaired) electrons. The fourth-order valence-electron chi connectivity index (χ4n) is 4.01. The molecule has 168 valence electrons. The van der Waals surface area contributed by atoms with Gasteiger partial charge in [-0.15, -0.1) is 0 Å². The van der Waals surface area contributed by atoms with Crippen molar-refractivity contribution in [2.24, 2.45) is 0 Å². The molecule has 1 aliphatic heterocycles. The molecule has 1 aliphatic rings. The summed E-state index contributed by atoms with van der Waals surface area (Å²) in [5.41, 5.74) is 0.0943. The van der Waals surface area contributed by atoms with Crippen LogP contribution in [0, 0.1) is 5.82 Å². The van der Waals surface area contributed by atoms with Crippen molar-refractivity contribution in [1.82, 2.24) is 9.88 Å². The number of fused-ring (bicyclic) bond motifs is 1. The molecular formula is C23H22ClFN2O5. The Bertz CT molecular complexity index is 1220. The SMILES string of the molecule is CCCn1c(C(=O)NC2(c3ccc(C(=O)O)cc3F)COC2)cc2c(Cl)c(OC)ccc21. The van der Waals surface area contributed by atoms with Gasteiger partial charge in [-0.2, -0.15) is 0 Å². The number of halogens is 2. The summed E-state index contributed by atoms with van der Waals surface area (Å²) in [6.07, 6.45) is 0.785. The number of aromatic nitrogens is 1. The van der Waals surface area contributed by atoms with Gasteiger partial charge in [0.2, 0.25) is 0 Å². The second kappa shape index (κ2) is 8.44. The summed E-state index contributed by atoms with van der Waals surface area (Å²) < 4.78 is 27.2. The molecule has 2 N–H and O–H groups in total. The van der Waals surface area contributed by atoms with Gasteiger partial charge < -0.3 is 24.5 Å². The highest BCUT2D eigenvalue weighted by atomic mass is 35.5. The third-order valence-electron chi connectivity index (χ3n) is 5.67. The maximum absolute atomic E-state index is 14.8. The van der Waals surface area contributed by atoms with Crippen LogP contribution in [0.5, 0.6) is 5.75 Å². The van der Waals surface area contributed by atoms with Gasteiger partial charge in [0.15, 0.2) is 0 Å². The first-order chi connectivity index (χ1) is 15.3. The number of nitrogens with zero attached hydrogens (tertiary/aromatic N) is 1. The Morgan fingerprint density at radius 1 is 1.28 bits per heavy atom. The van der Waals surface area contributed by atoms with Gasteiger partial charge in [0.05, 0.1) is 36.4 Å². The number of ether oxygens (including phenoxy) is 2. The number of hydrogen-bond donors (Lipinski definition) is 2. The van der Waals surface area contributed by atoms with Crippen molar-refractivity contribution in [1.29, 1.82) is 0 Å². The number of carbonyl (C=O) groups excluding carboxylic acids is 1. The van der Waals surface area contributed by atoms with Gasteiger partial charge in [-0.25, -0.2) is 9.18 Å². The average Bonchev–Trinajstić information content (AvgIpc) is 3.11. The molecule has 2 aromatic carbocycles. The molecular weight excluding hydrogens is 439 g/mol. The van der Waals surface area contributed by atoms with Crippen molar-refractivity contribution >= 4 is 34.4 Å². The van der Waals surface area contributed by atoms with E-state index in [2.05, 4.69) is 5.32 Å². The highest BCUT2D eigenvalue weighted by Gasteiger charge is 2.44. The Balaban J connectivity index is 1.73. The van der Waals surface area contributed by atoms with E-state index >= 15 is 0 Å². The summed E-state index contributed by atoms with van der Waals surface area (Å²) in [4.78, 5) is 24.5. The van der Waals surface area contributed by atoms with Crippen LogP contribution < -0.4 is 10.1 Å². The molecule has 2 heterocycles. The fourth-order valence-corrected chi connectivity index (χ4v) is 4.30. The number of carboxylic acids is 1. The lowest BCUT2D eigenvalue weighted by Crippen LogP contribution is -2.60. The number of methoxy groups -OCH3 is 1. The number of hydrogen-bond acceptors (Lipinski definition) is 4. The van der Waals surface area contributed by atoms with Crippen LogP contribution in [0.2, 0.25) is 5.02 Å². The van der Waals surface area contributed by atoms with Crippen LogP contribution in [0.3, 0.4) is 0 Å². The Labute approximate surface area is 188 Å². The smallest absolute Gasteiger partial charge is 0.335 e. The molecule has 7 nitrogen and oxygen atoms in total. The maximum Gasteiger partial charge on any atom is 0.335 e. The van der Waals surface area contributed by atoms with Crippen molar-refractivity contribution in [2.75, 3.05) is 20.3 Å². The Morgan fingerprint density at radius 2 is 2.03 bits per heavy atom. The fraction of sp³-hybridized carbons (Fsp3) is 0.304. The molecule has 4 rings (SSSR count). The van der Waals surface area contributed by atoms with E-state index in [1.54, 1.807) is 12.1 Å². The lowest BCUT2D eigenvalue weighted by molar-refractivity contribution is -0.0750. The van der Waals surface area contributed by atoms with Crippen LogP contribution in [-0.2, 0) is 16.8 Å². The molecule has 32 heavy (non-hydrogen) atoms. The minimum atomic E-state index is -1.23. The van der Waals surface area contributed by atoms with E-state index in [0.717, 1.165) is 18.0 Å². The molecule has 0 unspecified atom stereocenters. The van der Waals surface area contributed by atoms with E-state index in [-0.39, 0.29) is 24.3 Å². The summed E-state index contributed by atoms with van der Waals surface area (Å²) >= 11 is 6.47. The minimum Gasteiger partial charge on any atom is -0.495 e. The molecule has 0 aliphatic carbocycles. The predicted molar refractivity (Wildman–Crippen MR) is 117 cm³/mol. The molecule has 0 spiro atoms. The number of aromatic carboxylic acids is 1. The highest BCUT2D eigenvalue weighted by molar-refractivity contribution is 6.37. The summed E-state index contributed by atoms with van der Waals surface area (Å²) in [5.74, 6) is -1.84. The molecule has 3 aromatic rings. The normalized spacial score (nSPS) is 14.8. The predicted octanol–water partition coefficient (Wildman–Crippen LogP) is 4.21. The second-order valence-electron chi connectivity index (χ2n) is 7.72. The first-order valence-corrected chi connectivity index (χ1v) is 10.5. The van der Waals surface area contributed by atoms with Gasteiger partial charge in [0.25, 0.3) is 5.91 Å². The lowest BCUT2D eigenvalue weighted by Gasteiger charge is -2.42. The second-order valence-corrected chi connectivity index (χ2v) is 8.10. The third-order valence-corrected chi connectivity index (χ3v) is 6.05. The van der Waals surface area contributed by atoms with E-state index < -0.39 is 23.2 Å². The zero-order chi connectivity index (χ0) is 23.0. The van der Waals surface area contributed by atoms with E-state index in [1.807, 2.05) is 17.6 Å². The van der Waals surface area contributed by atoms with Crippen LogP contribution in [0.4, 0.5) is 4.39 Å².